The number of rotatable bonds is 2. The van der Waals surface area contributed by atoms with Crippen LogP contribution >= 0.6 is 0 Å². The van der Waals surface area contributed by atoms with Crippen LogP contribution in [0, 0.1) is 42.2 Å². The average molecular weight is 887 g/mol. The third-order valence-electron chi connectivity index (χ3n) is 11.8. The Morgan fingerprint density at radius 2 is 1.09 bits per heavy atom. The fraction of sp³-hybridized carbons (Fsp3) is 0.400. The van der Waals surface area contributed by atoms with Gasteiger partial charge >= 0.3 is 112 Å². The van der Waals surface area contributed by atoms with Crippen LogP contribution in [0.4, 0.5) is 0 Å². The standard InChI is InChI=1S/C31H37.C15H14.C9H13.2ClH.Zr/c1-28(2,3)26-16-30(7,8)24-12-18-11-19-13-25-23(15-21(19)20(18)14-22(24)26)27(29(4,5)6)17-31(25,9)10;1-12-3-7-14(8-4-12)11-15-9-5-13(2)6-10-15;1-9(2,3)8-6-4-5-7-8;;;/h12-16H,11H2,1-10H3;3-10H,1-2H3;6-7H,4H2,1-3H3;2*1H;/q-1;;-1;;;+2/p-2. The van der Waals surface area contributed by atoms with Crippen LogP contribution in [-0.2, 0) is 41.5 Å². The molecule has 0 fully saturated rings. The molecule has 0 nitrogen and oxygen atoms in total. The Morgan fingerprint density at radius 3 is 1.50 bits per heavy atom. The molecule has 4 aliphatic rings. The summed E-state index contributed by atoms with van der Waals surface area (Å²) in [5, 5.41) is 0. The fourth-order valence-electron chi connectivity index (χ4n) is 8.47. The fourth-order valence-corrected chi connectivity index (χ4v) is 9.29. The SMILES string of the molecule is CC(C)(C)C1=CC[C-]=C1.CC(C)(C)C1=[C-]C(C)(C)c2cc3c(cc21)-c1cc2c(cc1C3)C(C)(C)C=C2C(C)(C)C.Cc1ccc([C](=[Zr+2])c2ccc(C)cc2)cc1.[Cl-].[Cl-]. The molecular formula is C55H64Cl2Zr-2. The van der Waals surface area contributed by atoms with Gasteiger partial charge in [-0.3, -0.25) is 12.2 Å². The predicted molar refractivity (Wildman–Crippen MR) is 240 cm³/mol. The molecule has 3 heteroatoms. The summed E-state index contributed by atoms with van der Waals surface area (Å²) >= 11 is 1.46. The van der Waals surface area contributed by atoms with E-state index < -0.39 is 0 Å². The topological polar surface area (TPSA) is 0 Å². The normalized spacial score (nSPS) is 16.4. The molecular weight excluding hydrogens is 823 g/mol. The molecule has 0 N–H and O–H groups in total. The predicted octanol–water partition coefficient (Wildman–Crippen LogP) is 8.65. The Morgan fingerprint density at radius 1 is 0.603 bits per heavy atom. The van der Waals surface area contributed by atoms with Gasteiger partial charge in [0.2, 0.25) is 0 Å². The molecule has 0 aliphatic heterocycles. The smallest absolute Gasteiger partial charge is 1.00 e. The Kier molecular flexibility index (Phi) is 14.2. The van der Waals surface area contributed by atoms with Gasteiger partial charge in [-0.15, -0.1) is 18.1 Å². The van der Waals surface area contributed by atoms with E-state index in [2.05, 4.69) is 207 Å². The number of hydrogen-bond donors (Lipinski definition) is 0. The summed E-state index contributed by atoms with van der Waals surface area (Å²) in [6.07, 6.45) is 15.9. The molecule has 0 bridgehead atoms. The van der Waals surface area contributed by atoms with E-state index in [9.17, 15) is 0 Å². The van der Waals surface area contributed by atoms with E-state index in [1.165, 1.54) is 111 Å². The van der Waals surface area contributed by atoms with Crippen molar-refractivity contribution in [2.24, 2.45) is 16.2 Å². The van der Waals surface area contributed by atoms with Gasteiger partial charge in [0.1, 0.15) is 0 Å². The summed E-state index contributed by atoms with van der Waals surface area (Å²) in [4.78, 5) is 0. The van der Waals surface area contributed by atoms with Gasteiger partial charge < -0.3 is 24.8 Å². The van der Waals surface area contributed by atoms with Gasteiger partial charge in [0, 0.05) is 5.41 Å². The summed E-state index contributed by atoms with van der Waals surface area (Å²) in [5.41, 5.74) is 22.0. The zero-order valence-corrected chi connectivity index (χ0v) is 41.8. The van der Waals surface area contributed by atoms with Crippen molar-refractivity contribution in [1.82, 2.24) is 0 Å². The maximum atomic E-state index is 3.85. The van der Waals surface area contributed by atoms with Crippen molar-refractivity contribution >= 4 is 14.4 Å². The van der Waals surface area contributed by atoms with E-state index in [4.69, 9.17) is 0 Å². The molecule has 0 amide bonds. The zero-order chi connectivity index (χ0) is 41.2. The minimum atomic E-state index is -0.0202. The number of fused-ring (bicyclic) bond motifs is 5. The van der Waals surface area contributed by atoms with Crippen molar-refractivity contribution in [3.8, 4) is 11.1 Å². The maximum absolute atomic E-state index is 3.85. The first-order valence-corrected chi connectivity index (χ1v) is 21.8. The molecule has 0 saturated carbocycles. The first-order chi connectivity index (χ1) is 25.9. The van der Waals surface area contributed by atoms with Crippen LogP contribution in [0.2, 0.25) is 0 Å². The van der Waals surface area contributed by atoms with Crippen LogP contribution in [-0.4, -0.2) is 3.21 Å². The van der Waals surface area contributed by atoms with Crippen LogP contribution in [0.15, 0.2) is 96.6 Å². The molecule has 4 aromatic carbocycles. The minimum absolute atomic E-state index is 0. The second-order valence-corrected chi connectivity index (χ2v) is 22.0. The Labute approximate surface area is 380 Å². The molecule has 304 valence electrons. The Hall–Kier alpha value is -2.83. The van der Waals surface area contributed by atoms with Crippen LogP contribution in [0.5, 0.6) is 0 Å². The van der Waals surface area contributed by atoms with E-state index in [1.54, 1.807) is 0 Å². The number of allylic oxidation sites excluding steroid dienone is 8. The van der Waals surface area contributed by atoms with E-state index in [-0.39, 0.29) is 46.5 Å². The van der Waals surface area contributed by atoms with Crippen molar-refractivity contribution in [2.45, 2.75) is 128 Å². The molecule has 0 radical (unpaired) electrons. The molecule has 8 rings (SSSR count). The number of benzene rings is 4. The van der Waals surface area contributed by atoms with E-state index >= 15 is 0 Å². The Bertz CT molecular complexity index is 2160. The quantitative estimate of drug-likeness (QED) is 0.156. The van der Waals surface area contributed by atoms with E-state index in [0.29, 0.717) is 5.41 Å². The third-order valence-corrected chi connectivity index (χ3v) is 13.2. The van der Waals surface area contributed by atoms with Crippen LogP contribution < -0.4 is 24.8 Å². The summed E-state index contributed by atoms with van der Waals surface area (Å²) < 4.78 is 1.42. The van der Waals surface area contributed by atoms with Gasteiger partial charge in [-0.25, -0.2) is 11.6 Å². The number of hydrogen-bond acceptors (Lipinski definition) is 0. The molecule has 4 aliphatic carbocycles. The third kappa shape index (κ3) is 10.0. The molecule has 0 unspecified atom stereocenters. The summed E-state index contributed by atoms with van der Waals surface area (Å²) in [6.45, 7) is 34.3. The molecule has 0 heterocycles. The van der Waals surface area contributed by atoms with Crippen LogP contribution in [0.3, 0.4) is 0 Å². The van der Waals surface area contributed by atoms with Crippen molar-refractivity contribution in [3.05, 3.63) is 164 Å². The van der Waals surface area contributed by atoms with E-state index in [1.807, 2.05) is 0 Å². The van der Waals surface area contributed by atoms with Gasteiger partial charge in [-0.2, -0.15) is 17.2 Å². The van der Waals surface area contributed by atoms with Gasteiger partial charge in [-0.1, -0.05) is 119 Å². The summed E-state index contributed by atoms with van der Waals surface area (Å²) in [5.74, 6) is 0. The number of halogens is 2. The zero-order valence-electron chi connectivity index (χ0n) is 37.8. The molecule has 0 aromatic heterocycles. The molecule has 0 spiro atoms. The molecule has 0 atom stereocenters. The largest absolute Gasteiger partial charge is 1.00 e. The van der Waals surface area contributed by atoms with Crippen molar-refractivity contribution in [3.63, 3.8) is 0 Å². The molecule has 4 aromatic rings. The second-order valence-electron chi connectivity index (χ2n) is 20.8. The summed E-state index contributed by atoms with van der Waals surface area (Å²) in [6, 6.07) is 27.5. The second kappa shape index (κ2) is 17.3. The monoisotopic (exact) mass is 884 g/mol. The Balaban J connectivity index is 0.000000230. The maximum Gasteiger partial charge on any atom is -1.00 e. The minimum Gasteiger partial charge on any atom is -1.00 e. The van der Waals surface area contributed by atoms with Gasteiger partial charge in [0.05, 0.1) is 0 Å². The van der Waals surface area contributed by atoms with Gasteiger partial charge in [0.25, 0.3) is 0 Å². The van der Waals surface area contributed by atoms with Gasteiger partial charge in [0.15, 0.2) is 0 Å². The molecule has 0 saturated heterocycles. The first-order valence-electron chi connectivity index (χ1n) is 20.6. The van der Waals surface area contributed by atoms with Crippen molar-refractivity contribution < 1.29 is 49.0 Å². The first kappa shape index (κ1) is 47.8. The average Bonchev–Trinajstić information content (AvgIpc) is 3.87. The van der Waals surface area contributed by atoms with E-state index in [0.717, 1.165) is 12.8 Å². The van der Waals surface area contributed by atoms with Crippen molar-refractivity contribution in [1.29, 1.82) is 0 Å². The van der Waals surface area contributed by atoms with Crippen molar-refractivity contribution in [2.75, 3.05) is 0 Å². The van der Waals surface area contributed by atoms with Gasteiger partial charge in [-0.05, 0) is 62.3 Å². The summed E-state index contributed by atoms with van der Waals surface area (Å²) in [7, 11) is 0. The molecule has 58 heavy (non-hydrogen) atoms. The van der Waals surface area contributed by atoms with Crippen LogP contribution in [0.25, 0.3) is 22.3 Å². The number of aryl methyl sites for hydroxylation is 2. The van der Waals surface area contributed by atoms with Crippen LogP contribution in [0.1, 0.15) is 152 Å².